The smallest absolute Gasteiger partial charge is 0.138 e. The van der Waals surface area contributed by atoms with Gasteiger partial charge in [0.15, 0.2) is 0 Å². The Morgan fingerprint density at radius 3 is 3.09 bits per heavy atom. The molecule has 2 aliphatic heterocycles. The quantitative estimate of drug-likeness (QED) is 0.918. The molecule has 22 heavy (non-hydrogen) atoms. The van der Waals surface area contributed by atoms with Gasteiger partial charge in [0.2, 0.25) is 0 Å². The average molecular weight is 318 g/mol. The number of nitrogens with one attached hydrogen (secondary N) is 1. The second kappa shape index (κ2) is 6.48. The van der Waals surface area contributed by atoms with E-state index in [-0.39, 0.29) is 0 Å². The number of hydrogen-bond donors (Lipinski definition) is 1. The molecule has 0 amide bonds. The van der Waals surface area contributed by atoms with Crippen LogP contribution in [0.25, 0.3) is 10.2 Å². The number of ether oxygens (including phenoxy) is 1. The van der Waals surface area contributed by atoms with Gasteiger partial charge in [-0.3, -0.25) is 4.90 Å². The molecule has 0 bridgehead atoms. The van der Waals surface area contributed by atoms with Gasteiger partial charge in [0.05, 0.1) is 12.0 Å². The van der Waals surface area contributed by atoms with E-state index < -0.39 is 0 Å². The molecule has 0 aliphatic carbocycles. The Kier molecular flexibility index (Phi) is 4.23. The third-order valence-electron chi connectivity index (χ3n) is 4.86. The third-order valence-corrected chi connectivity index (χ3v) is 5.68. The van der Waals surface area contributed by atoms with Gasteiger partial charge >= 0.3 is 0 Å². The number of aromatic nitrogens is 2. The molecule has 2 atom stereocenters. The predicted molar refractivity (Wildman–Crippen MR) is 89.4 cm³/mol. The Labute approximate surface area is 134 Å². The number of nitrogens with zero attached hydrogens (tertiary/aromatic N) is 3. The molecule has 0 unspecified atom stereocenters. The SMILES string of the molecule is c1nc(NC[C@H]([C@@H]2CCOC2)N2CCCC2)c2ccsc2n1. The summed E-state index contributed by atoms with van der Waals surface area (Å²) < 4.78 is 5.63. The molecule has 0 aromatic carbocycles. The van der Waals surface area contributed by atoms with Crippen LogP contribution in [0.1, 0.15) is 19.3 Å². The van der Waals surface area contributed by atoms with Gasteiger partial charge in [-0.2, -0.15) is 0 Å². The predicted octanol–water partition coefficient (Wildman–Crippen LogP) is 2.60. The van der Waals surface area contributed by atoms with E-state index in [1.165, 1.54) is 32.4 Å². The van der Waals surface area contributed by atoms with Gasteiger partial charge in [-0.05, 0) is 43.8 Å². The molecule has 2 aliphatic rings. The van der Waals surface area contributed by atoms with Gasteiger partial charge in [-0.25, -0.2) is 9.97 Å². The number of likely N-dealkylation sites (tertiary alicyclic amines) is 1. The minimum absolute atomic E-state index is 0.550. The van der Waals surface area contributed by atoms with E-state index in [2.05, 4.69) is 31.6 Å². The summed E-state index contributed by atoms with van der Waals surface area (Å²) in [5, 5.41) is 6.80. The Morgan fingerprint density at radius 1 is 1.36 bits per heavy atom. The summed E-state index contributed by atoms with van der Waals surface area (Å²) in [4.78, 5) is 12.5. The molecular formula is C16H22N4OS. The fraction of sp³-hybridized carbons (Fsp3) is 0.625. The summed E-state index contributed by atoms with van der Waals surface area (Å²) in [5.41, 5.74) is 0. The van der Waals surface area contributed by atoms with Gasteiger partial charge < -0.3 is 10.1 Å². The Hall–Kier alpha value is -1.24. The van der Waals surface area contributed by atoms with Crippen molar-refractivity contribution >= 4 is 27.4 Å². The Balaban J connectivity index is 1.50. The van der Waals surface area contributed by atoms with Crippen molar-refractivity contribution in [2.24, 2.45) is 5.92 Å². The Bertz CT molecular complexity index is 603. The second-order valence-electron chi connectivity index (χ2n) is 6.18. The van der Waals surface area contributed by atoms with Crippen LogP contribution in [0, 0.1) is 5.92 Å². The molecular weight excluding hydrogens is 296 g/mol. The molecule has 0 radical (unpaired) electrons. The van der Waals surface area contributed by atoms with Crippen LogP contribution in [0.15, 0.2) is 17.8 Å². The van der Waals surface area contributed by atoms with Crippen LogP contribution in [0.4, 0.5) is 5.82 Å². The van der Waals surface area contributed by atoms with Crippen LogP contribution in [-0.4, -0.2) is 53.8 Å². The highest BCUT2D eigenvalue weighted by Gasteiger charge is 2.31. The lowest BCUT2D eigenvalue weighted by molar-refractivity contribution is 0.142. The minimum Gasteiger partial charge on any atom is -0.381 e. The monoisotopic (exact) mass is 318 g/mol. The summed E-state index contributed by atoms with van der Waals surface area (Å²) in [6.45, 7) is 5.20. The van der Waals surface area contributed by atoms with E-state index in [1.807, 2.05) is 0 Å². The van der Waals surface area contributed by atoms with E-state index in [0.29, 0.717) is 12.0 Å². The fourth-order valence-corrected chi connectivity index (χ4v) is 4.39. The fourth-order valence-electron chi connectivity index (χ4n) is 3.66. The maximum atomic E-state index is 5.63. The van der Waals surface area contributed by atoms with E-state index >= 15 is 0 Å². The van der Waals surface area contributed by atoms with Crippen LogP contribution in [0.2, 0.25) is 0 Å². The van der Waals surface area contributed by atoms with Crippen molar-refractivity contribution in [1.82, 2.24) is 14.9 Å². The van der Waals surface area contributed by atoms with Gasteiger partial charge in [0.1, 0.15) is 17.0 Å². The molecule has 2 aromatic heterocycles. The summed E-state index contributed by atoms with van der Waals surface area (Å²) in [6, 6.07) is 2.65. The highest BCUT2D eigenvalue weighted by Crippen LogP contribution is 2.27. The number of hydrogen-bond acceptors (Lipinski definition) is 6. The zero-order valence-electron chi connectivity index (χ0n) is 12.7. The van der Waals surface area contributed by atoms with Gasteiger partial charge in [-0.15, -0.1) is 11.3 Å². The molecule has 5 nitrogen and oxygen atoms in total. The molecule has 2 fully saturated rings. The third kappa shape index (κ3) is 2.83. The van der Waals surface area contributed by atoms with E-state index in [0.717, 1.165) is 35.8 Å². The van der Waals surface area contributed by atoms with Gasteiger partial charge in [0.25, 0.3) is 0 Å². The maximum absolute atomic E-state index is 5.63. The maximum Gasteiger partial charge on any atom is 0.138 e. The first kappa shape index (κ1) is 14.4. The van der Waals surface area contributed by atoms with Gasteiger partial charge in [0, 0.05) is 25.1 Å². The van der Waals surface area contributed by atoms with Crippen molar-refractivity contribution < 1.29 is 4.74 Å². The van der Waals surface area contributed by atoms with Crippen LogP contribution < -0.4 is 5.32 Å². The Morgan fingerprint density at radius 2 is 2.27 bits per heavy atom. The van der Waals surface area contributed by atoms with Crippen molar-refractivity contribution in [3.05, 3.63) is 17.8 Å². The highest BCUT2D eigenvalue weighted by atomic mass is 32.1. The van der Waals surface area contributed by atoms with Crippen LogP contribution in [-0.2, 0) is 4.74 Å². The largest absolute Gasteiger partial charge is 0.381 e. The van der Waals surface area contributed by atoms with Crippen LogP contribution in [0.3, 0.4) is 0 Å². The molecule has 2 saturated heterocycles. The zero-order valence-corrected chi connectivity index (χ0v) is 13.5. The highest BCUT2D eigenvalue weighted by molar-refractivity contribution is 7.16. The first-order chi connectivity index (χ1) is 10.9. The first-order valence-corrected chi connectivity index (χ1v) is 9.03. The second-order valence-corrected chi connectivity index (χ2v) is 7.07. The normalized spacial score (nSPS) is 24.1. The zero-order chi connectivity index (χ0) is 14.8. The van der Waals surface area contributed by atoms with Crippen molar-refractivity contribution in [3.63, 3.8) is 0 Å². The molecule has 6 heteroatoms. The number of thiophene rings is 1. The number of anilines is 1. The van der Waals surface area contributed by atoms with Crippen LogP contribution in [0.5, 0.6) is 0 Å². The number of rotatable bonds is 5. The van der Waals surface area contributed by atoms with E-state index in [4.69, 9.17) is 4.74 Å². The van der Waals surface area contributed by atoms with E-state index in [1.54, 1.807) is 17.7 Å². The van der Waals surface area contributed by atoms with Crippen molar-refractivity contribution in [1.29, 1.82) is 0 Å². The van der Waals surface area contributed by atoms with Crippen molar-refractivity contribution in [2.45, 2.75) is 25.3 Å². The molecule has 1 N–H and O–H groups in total. The molecule has 0 saturated carbocycles. The molecule has 118 valence electrons. The first-order valence-electron chi connectivity index (χ1n) is 8.16. The molecule has 2 aromatic rings. The molecule has 4 heterocycles. The van der Waals surface area contributed by atoms with Crippen molar-refractivity contribution in [3.8, 4) is 0 Å². The standard InChI is InChI=1S/C16H22N4OS/c1-2-6-20(5-1)14(12-3-7-21-10-12)9-17-15-13-4-8-22-16(13)19-11-18-15/h4,8,11-12,14H,1-3,5-7,9-10H2,(H,17,18,19)/t12-,14-/m1/s1. The average Bonchev–Trinajstić information content (AvgIpc) is 3.30. The van der Waals surface area contributed by atoms with E-state index in [9.17, 15) is 0 Å². The lowest BCUT2D eigenvalue weighted by Gasteiger charge is -2.32. The minimum atomic E-state index is 0.550. The summed E-state index contributed by atoms with van der Waals surface area (Å²) in [5.74, 6) is 1.61. The lowest BCUT2D eigenvalue weighted by atomic mass is 9.97. The topological polar surface area (TPSA) is 50.3 Å². The summed E-state index contributed by atoms with van der Waals surface area (Å²) in [6.07, 6.45) is 5.49. The molecule has 0 spiro atoms. The molecule has 4 rings (SSSR count). The summed E-state index contributed by atoms with van der Waals surface area (Å²) in [7, 11) is 0. The number of fused-ring (bicyclic) bond motifs is 1. The van der Waals surface area contributed by atoms with Gasteiger partial charge in [-0.1, -0.05) is 0 Å². The van der Waals surface area contributed by atoms with Crippen LogP contribution >= 0.6 is 11.3 Å². The van der Waals surface area contributed by atoms with Crippen molar-refractivity contribution in [2.75, 3.05) is 38.2 Å². The summed E-state index contributed by atoms with van der Waals surface area (Å²) >= 11 is 1.66. The lowest BCUT2D eigenvalue weighted by Crippen LogP contribution is -2.44.